The van der Waals surface area contributed by atoms with Crippen molar-refractivity contribution in [3.05, 3.63) is 41.0 Å². The Labute approximate surface area is 162 Å². The van der Waals surface area contributed by atoms with E-state index in [0.717, 1.165) is 5.57 Å². The molecule has 2 aromatic rings. The minimum Gasteiger partial charge on any atom is -0.465 e. The molecule has 0 saturated heterocycles. The SMILES string of the molecule is CC(C)(C)C1C=C(c2ncc(-c3nc(CO)co3)cc2Cl)CCN1C(=O)O. The van der Waals surface area contributed by atoms with Crippen LogP contribution in [0.15, 0.2) is 29.0 Å². The summed E-state index contributed by atoms with van der Waals surface area (Å²) in [6, 6.07) is 1.45. The maximum absolute atomic E-state index is 11.6. The highest BCUT2D eigenvalue weighted by Gasteiger charge is 2.35. The zero-order valence-corrected chi connectivity index (χ0v) is 16.2. The van der Waals surface area contributed by atoms with Crippen LogP contribution in [0.3, 0.4) is 0 Å². The molecule has 0 bridgehead atoms. The lowest BCUT2D eigenvalue weighted by molar-refractivity contribution is 0.1000. The fourth-order valence-electron chi connectivity index (χ4n) is 3.18. The van der Waals surface area contributed by atoms with E-state index in [1.807, 2.05) is 26.8 Å². The molecule has 1 atom stereocenters. The van der Waals surface area contributed by atoms with Gasteiger partial charge in [-0.1, -0.05) is 38.4 Å². The molecule has 144 valence electrons. The number of rotatable bonds is 3. The van der Waals surface area contributed by atoms with Gasteiger partial charge in [0.1, 0.15) is 12.0 Å². The van der Waals surface area contributed by atoms with Crippen LogP contribution < -0.4 is 0 Å². The van der Waals surface area contributed by atoms with Gasteiger partial charge in [0, 0.05) is 12.7 Å². The molecule has 8 heteroatoms. The van der Waals surface area contributed by atoms with E-state index in [-0.39, 0.29) is 18.1 Å². The summed E-state index contributed by atoms with van der Waals surface area (Å²) in [5, 5.41) is 19.0. The summed E-state index contributed by atoms with van der Waals surface area (Å²) < 4.78 is 5.33. The number of amides is 1. The van der Waals surface area contributed by atoms with Crippen LogP contribution in [-0.4, -0.2) is 43.8 Å². The number of pyridine rings is 1. The summed E-state index contributed by atoms with van der Waals surface area (Å²) in [4.78, 5) is 21.6. The van der Waals surface area contributed by atoms with Gasteiger partial charge in [-0.25, -0.2) is 9.78 Å². The molecule has 3 heterocycles. The van der Waals surface area contributed by atoms with Crippen molar-refractivity contribution in [2.75, 3.05) is 6.54 Å². The highest BCUT2D eigenvalue weighted by molar-refractivity contribution is 6.32. The number of oxazole rings is 1. The molecule has 1 unspecified atom stereocenters. The van der Waals surface area contributed by atoms with E-state index in [9.17, 15) is 9.90 Å². The van der Waals surface area contributed by atoms with Gasteiger partial charge in [0.15, 0.2) is 0 Å². The van der Waals surface area contributed by atoms with E-state index >= 15 is 0 Å². The summed E-state index contributed by atoms with van der Waals surface area (Å²) in [6.07, 6.45) is 4.56. The Balaban J connectivity index is 1.95. The van der Waals surface area contributed by atoms with E-state index in [2.05, 4.69) is 9.97 Å². The minimum atomic E-state index is -0.928. The molecule has 1 amide bonds. The highest BCUT2D eigenvalue weighted by Crippen LogP contribution is 2.36. The molecule has 0 aliphatic carbocycles. The molecule has 3 rings (SSSR count). The molecular formula is C19H22ClN3O4. The Morgan fingerprint density at radius 3 is 2.74 bits per heavy atom. The van der Waals surface area contributed by atoms with Gasteiger partial charge in [-0.2, -0.15) is 0 Å². The number of aliphatic hydroxyl groups is 1. The van der Waals surface area contributed by atoms with Gasteiger partial charge < -0.3 is 19.5 Å². The number of aromatic nitrogens is 2. The van der Waals surface area contributed by atoms with E-state index in [0.29, 0.717) is 40.8 Å². The number of hydrogen-bond acceptors (Lipinski definition) is 5. The number of carboxylic acid groups (broad SMARTS) is 1. The summed E-state index contributed by atoms with van der Waals surface area (Å²) in [5.41, 5.74) is 2.34. The third kappa shape index (κ3) is 3.99. The Morgan fingerprint density at radius 2 is 2.19 bits per heavy atom. The third-order valence-corrected chi connectivity index (χ3v) is 4.84. The van der Waals surface area contributed by atoms with E-state index in [1.165, 1.54) is 11.2 Å². The second-order valence-electron chi connectivity index (χ2n) is 7.59. The van der Waals surface area contributed by atoms with Crippen LogP contribution in [0.5, 0.6) is 0 Å². The molecule has 2 aromatic heterocycles. The Morgan fingerprint density at radius 1 is 1.44 bits per heavy atom. The Bertz CT molecular complexity index is 885. The second-order valence-corrected chi connectivity index (χ2v) is 7.99. The molecule has 7 nitrogen and oxygen atoms in total. The van der Waals surface area contributed by atoms with Crippen molar-refractivity contribution in [1.29, 1.82) is 0 Å². The summed E-state index contributed by atoms with van der Waals surface area (Å²) in [7, 11) is 0. The first kappa shape index (κ1) is 19.4. The van der Waals surface area contributed by atoms with Gasteiger partial charge >= 0.3 is 6.09 Å². The lowest BCUT2D eigenvalue weighted by atomic mass is 9.82. The Kier molecular flexibility index (Phi) is 5.26. The van der Waals surface area contributed by atoms with Crippen LogP contribution in [-0.2, 0) is 6.61 Å². The zero-order chi connectivity index (χ0) is 19.8. The molecule has 0 radical (unpaired) electrons. The van der Waals surface area contributed by atoms with Crippen molar-refractivity contribution in [3.63, 3.8) is 0 Å². The maximum Gasteiger partial charge on any atom is 0.407 e. The van der Waals surface area contributed by atoms with Crippen molar-refractivity contribution in [1.82, 2.24) is 14.9 Å². The van der Waals surface area contributed by atoms with Crippen molar-refractivity contribution < 1.29 is 19.4 Å². The number of carbonyl (C=O) groups is 1. The van der Waals surface area contributed by atoms with Crippen molar-refractivity contribution >= 4 is 23.3 Å². The molecule has 0 spiro atoms. The van der Waals surface area contributed by atoms with Crippen molar-refractivity contribution in [3.8, 4) is 11.5 Å². The van der Waals surface area contributed by atoms with Gasteiger partial charge in [-0.05, 0) is 23.5 Å². The fourth-order valence-corrected chi connectivity index (χ4v) is 3.46. The molecule has 0 fully saturated rings. The molecule has 27 heavy (non-hydrogen) atoms. The average Bonchev–Trinajstić information content (AvgIpc) is 3.09. The summed E-state index contributed by atoms with van der Waals surface area (Å²) >= 11 is 6.46. The fraction of sp³-hybridized carbons (Fsp3) is 0.421. The van der Waals surface area contributed by atoms with Gasteiger partial charge in [0.2, 0.25) is 5.89 Å². The maximum atomic E-state index is 11.6. The molecule has 2 N–H and O–H groups in total. The molecule has 0 saturated carbocycles. The minimum absolute atomic E-state index is 0.204. The molecular weight excluding hydrogens is 370 g/mol. The van der Waals surface area contributed by atoms with Crippen molar-refractivity contribution in [2.24, 2.45) is 5.41 Å². The van der Waals surface area contributed by atoms with E-state index in [1.54, 1.807) is 12.3 Å². The normalized spacial score (nSPS) is 17.7. The number of hydrogen-bond donors (Lipinski definition) is 2. The monoisotopic (exact) mass is 391 g/mol. The lowest BCUT2D eigenvalue weighted by Crippen LogP contribution is -2.48. The molecule has 1 aliphatic heterocycles. The van der Waals surface area contributed by atoms with Crippen LogP contribution >= 0.6 is 11.6 Å². The largest absolute Gasteiger partial charge is 0.465 e. The summed E-state index contributed by atoms with van der Waals surface area (Å²) in [5.74, 6) is 0.335. The van der Waals surface area contributed by atoms with Crippen LogP contribution in [0.1, 0.15) is 38.6 Å². The standard InChI is InChI=1S/C19H22ClN3O4/c1-19(2,3)15-7-11(4-5-23(15)18(25)26)16-14(20)6-12(8-21-16)17-22-13(9-24)10-27-17/h6-8,10,15,24H,4-5,9H2,1-3H3,(H,25,26). The van der Waals surface area contributed by atoms with Crippen LogP contribution in [0.25, 0.3) is 17.0 Å². The van der Waals surface area contributed by atoms with Crippen molar-refractivity contribution in [2.45, 2.75) is 39.8 Å². The second kappa shape index (κ2) is 7.32. The first-order valence-corrected chi connectivity index (χ1v) is 9.00. The average molecular weight is 392 g/mol. The lowest BCUT2D eigenvalue weighted by Gasteiger charge is -2.40. The molecule has 0 aromatic carbocycles. The number of aliphatic hydroxyl groups excluding tert-OH is 1. The Hall–Kier alpha value is -2.38. The van der Waals surface area contributed by atoms with Gasteiger partial charge in [0.05, 0.1) is 28.9 Å². The smallest absolute Gasteiger partial charge is 0.407 e. The first-order chi connectivity index (χ1) is 12.7. The highest BCUT2D eigenvalue weighted by atomic mass is 35.5. The number of halogens is 1. The van der Waals surface area contributed by atoms with Gasteiger partial charge in [-0.15, -0.1) is 0 Å². The van der Waals surface area contributed by atoms with Gasteiger partial charge in [0.25, 0.3) is 0 Å². The third-order valence-electron chi connectivity index (χ3n) is 4.56. The van der Waals surface area contributed by atoms with E-state index in [4.69, 9.17) is 21.1 Å². The van der Waals surface area contributed by atoms with Crippen LogP contribution in [0.4, 0.5) is 4.79 Å². The quantitative estimate of drug-likeness (QED) is 0.818. The van der Waals surface area contributed by atoms with Gasteiger partial charge in [-0.3, -0.25) is 4.98 Å². The topological polar surface area (TPSA) is 99.7 Å². The predicted molar refractivity (Wildman–Crippen MR) is 101 cm³/mol. The summed E-state index contributed by atoms with van der Waals surface area (Å²) in [6.45, 7) is 6.21. The first-order valence-electron chi connectivity index (χ1n) is 8.62. The zero-order valence-electron chi connectivity index (χ0n) is 15.4. The molecule has 1 aliphatic rings. The number of nitrogens with zero attached hydrogens (tertiary/aromatic N) is 3. The predicted octanol–water partition coefficient (Wildman–Crippen LogP) is 4.06. The van der Waals surface area contributed by atoms with E-state index < -0.39 is 6.09 Å². The van der Waals surface area contributed by atoms with Crippen LogP contribution in [0, 0.1) is 5.41 Å². The van der Waals surface area contributed by atoms with Crippen LogP contribution in [0.2, 0.25) is 5.02 Å².